The Morgan fingerprint density at radius 1 is 0.647 bits per heavy atom. The van der Waals surface area contributed by atoms with Crippen LogP contribution in [0.15, 0.2) is 97.1 Å². The zero-order valence-corrected chi connectivity index (χ0v) is 49.4. The topological polar surface area (TPSA) is 415 Å². The Balaban J connectivity index is 1.55. The molecule has 9 amide bonds. The largest absolute Gasteiger partial charge is 0.508 e. The second kappa shape index (κ2) is 35.1. The van der Waals surface area contributed by atoms with Crippen LogP contribution < -0.4 is 65.5 Å². The Kier molecular flexibility index (Phi) is 28.2. The summed E-state index contributed by atoms with van der Waals surface area (Å²) in [5, 5.41) is 52.9. The molecule has 4 aromatic carbocycles. The monoisotopic (exact) mass is 1230 g/mol. The number of primary amides is 1. The van der Waals surface area contributed by atoms with Gasteiger partial charge >= 0.3 is 0 Å². The Labute approximate surface area is 506 Å². The maximum atomic E-state index is 14.9. The first-order chi connectivity index (χ1) is 40.6. The molecule has 0 saturated carbocycles. The lowest BCUT2D eigenvalue weighted by Gasteiger charge is -2.29. The number of halogens is 1. The third-order valence-corrected chi connectivity index (χ3v) is 16.4. The number of amides is 9. The van der Waals surface area contributed by atoms with Gasteiger partial charge in [0.1, 0.15) is 53.8 Å². The van der Waals surface area contributed by atoms with E-state index in [4.69, 9.17) is 34.5 Å². The molecule has 0 aliphatic carbocycles. The molecule has 5 rings (SSSR count). The van der Waals surface area contributed by atoms with Crippen LogP contribution in [0.1, 0.15) is 74.1 Å². The molecule has 0 spiro atoms. The van der Waals surface area contributed by atoms with Gasteiger partial charge in [-0.05, 0) is 129 Å². The Hall–Kier alpha value is -7.46. The van der Waals surface area contributed by atoms with Gasteiger partial charge in [-0.15, -0.1) is 0 Å². The summed E-state index contributed by atoms with van der Waals surface area (Å²) < 4.78 is 0. The summed E-state index contributed by atoms with van der Waals surface area (Å²) in [4.78, 5) is 127. The van der Waals surface area contributed by atoms with Gasteiger partial charge in [-0.1, -0.05) is 88.1 Å². The number of aryl methyl sites for hydroxylation is 1. The fourth-order valence-corrected chi connectivity index (χ4v) is 11.2. The van der Waals surface area contributed by atoms with Crippen molar-refractivity contribution in [2.75, 3.05) is 29.9 Å². The molecule has 1 saturated heterocycles. The fourth-order valence-electron chi connectivity index (χ4n) is 8.76. The molecule has 1 heterocycles. The van der Waals surface area contributed by atoms with Gasteiger partial charge in [-0.3, -0.25) is 43.2 Å². The second-order valence-corrected chi connectivity index (χ2v) is 23.5. The van der Waals surface area contributed by atoms with E-state index in [9.17, 15) is 58.5 Å². The number of phenolic OH excluding ortho intramolecular Hbond substituents is 2. The van der Waals surface area contributed by atoms with Gasteiger partial charge in [0, 0.05) is 47.9 Å². The Morgan fingerprint density at radius 3 is 1.74 bits per heavy atom. The average Bonchev–Trinajstić information content (AvgIpc) is 3.68. The summed E-state index contributed by atoms with van der Waals surface area (Å²) in [5.74, 6) is -8.02. The number of phenols is 2. The molecule has 1 aliphatic heterocycles. The summed E-state index contributed by atoms with van der Waals surface area (Å²) in [7, 11) is 1.97. The number of benzene rings is 4. The minimum atomic E-state index is -1.75. The van der Waals surface area contributed by atoms with E-state index in [-0.39, 0.29) is 74.5 Å². The van der Waals surface area contributed by atoms with Crippen LogP contribution in [-0.2, 0) is 68.8 Å². The first-order valence-electron chi connectivity index (χ1n) is 27.8. The van der Waals surface area contributed by atoms with Gasteiger partial charge in [0.25, 0.3) is 0 Å². The fraction of sp³-hybridized carbons (Fsp3) is 0.431. The number of aliphatic hydroxyl groups excluding tert-OH is 1. The van der Waals surface area contributed by atoms with Crippen molar-refractivity contribution in [3.63, 3.8) is 0 Å². The number of nitrogens with one attached hydrogen (secondary N) is 8. The molecular formula is C58H77ClN12O12S2. The number of nitrogens with two attached hydrogens (primary N) is 4. The molecule has 1 aliphatic rings. The minimum Gasteiger partial charge on any atom is -0.508 e. The van der Waals surface area contributed by atoms with Crippen molar-refractivity contribution in [3.8, 4) is 11.5 Å². The first kappa shape index (κ1) is 68.3. The lowest BCUT2D eigenvalue weighted by Crippen LogP contribution is -2.62. The van der Waals surface area contributed by atoms with Crippen LogP contribution in [0, 0.1) is 0 Å². The molecule has 4 aromatic rings. The number of anilines is 1. The number of hydrogen-bond acceptors (Lipinski definition) is 17. The highest BCUT2D eigenvalue weighted by Crippen LogP contribution is 2.25. The molecule has 0 radical (unpaired) electrons. The summed E-state index contributed by atoms with van der Waals surface area (Å²) in [6.07, 6.45) is 0.408. The number of carbonyl (C=O) groups excluding carboxylic acids is 9. The molecule has 19 N–H and O–H groups in total. The van der Waals surface area contributed by atoms with Crippen molar-refractivity contribution in [3.05, 3.63) is 124 Å². The zero-order chi connectivity index (χ0) is 62.0. The van der Waals surface area contributed by atoms with Crippen molar-refractivity contribution >= 4 is 92.0 Å². The molecule has 85 heavy (non-hydrogen) atoms. The number of unbranched alkanes of at least 4 members (excludes halogenated alkanes) is 2. The lowest BCUT2D eigenvalue weighted by molar-refractivity contribution is -0.136. The Bertz CT molecular complexity index is 2880. The lowest BCUT2D eigenvalue weighted by atomic mass is 10.0. The smallest absolute Gasteiger partial charge is 0.245 e. The Morgan fingerprint density at radius 2 is 1.16 bits per heavy atom. The SMILES string of the molecule is C[C@@H](O)[C@@H]1NC(=O)[C@H](CCCCN)NC(=O)[C@@H](Cc2ccc(NC(=O)[C@@H](N)CCCCN)cc2)NC(=O)[C@H](Cc2ccc(O)cc2)NC(=O)[C@H](NC(=O)CCc2ccc(Cl)cc2)CSSC[C@@H](C(=O)N[C@H](Cc2ccc(O)cc2)C(N)=O)NC1=O. The molecule has 460 valence electrons. The summed E-state index contributed by atoms with van der Waals surface area (Å²) in [6.45, 7) is 1.88. The van der Waals surface area contributed by atoms with Crippen LogP contribution in [-0.4, -0.2) is 148 Å². The highest BCUT2D eigenvalue weighted by atomic mass is 35.5. The maximum absolute atomic E-state index is 14.9. The van der Waals surface area contributed by atoms with Gasteiger partial charge in [0.05, 0.1) is 12.1 Å². The van der Waals surface area contributed by atoms with Crippen LogP contribution in [0.2, 0.25) is 5.02 Å². The van der Waals surface area contributed by atoms with Gasteiger partial charge in [0.15, 0.2) is 0 Å². The summed E-state index contributed by atoms with van der Waals surface area (Å²) in [5.41, 5.74) is 25.9. The van der Waals surface area contributed by atoms with E-state index >= 15 is 0 Å². The summed E-state index contributed by atoms with van der Waals surface area (Å²) >= 11 is 6.08. The van der Waals surface area contributed by atoms with Crippen molar-refractivity contribution in [1.82, 2.24) is 37.2 Å². The van der Waals surface area contributed by atoms with Crippen molar-refractivity contribution in [1.29, 1.82) is 0 Å². The maximum Gasteiger partial charge on any atom is 0.245 e. The predicted molar refractivity (Wildman–Crippen MR) is 325 cm³/mol. The number of carbonyl (C=O) groups is 9. The zero-order valence-electron chi connectivity index (χ0n) is 47.1. The van der Waals surface area contributed by atoms with E-state index in [1.165, 1.54) is 55.5 Å². The van der Waals surface area contributed by atoms with E-state index in [1.807, 2.05) is 0 Å². The minimum absolute atomic E-state index is 0.0484. The van der Waals surface area contributed by atoms with Gasteiger partial charge in [-0.25, -0.2) is 0 Å². The normalized spacial score (nSPS) is 20.4. The molecule has 0 unspecified atom stereocenters. The predicted octanol–water partition coefficient (Wildman–Crippen LogP) is 0.590. The third kappa shape index (κ3) is 23.5. The summed E-state index contributed by atoms with van der Waals surface area (Å²) in [6, 6.07) is 13.6. The van der Waals surface area contributed by atoms with Gasteiger partial charge < -0.3 is 80.8 Å². The van der Waals surface area contributed by atoms with Gasteiger partial charge in [0.2, 0.25) is 53.2 Å². The molecule has 27 heteroatoms. The van der Waals surface area contributed by atoms with E-state index in [1.54, 1.807) is 48.5 Å². The van der Waals surface area contributed by atoms with Crippen LogP contribution in [0.4, 0.5) is 5.69 Å². The third-order valence-electron chi connectivity index (χ3n) is 13.7. The van der Waals surface area contributed by atoms with E-state index in [2.05, 4.69) is 42.5 Å². The van der Waals surface area contributed by atoms with E-state index in [0.717, 1.165) is 27.2 Å². The highest BCUT2D eigenvalue weighted by molar-refractivity contribution is 8.76. The molecule has 0 aromatic heterocycles. The van der Waals surface area contributed by atoms with Gasteiger partial charge in [-0.2, -0.15) is 0 Å². The number of aliphatic hydroxyl groups is 1. The molecular weight excluding hydrogens is 1160 g/mol. The highest BCUT2D eigenvalue weighted by Gasteiger charge is 2.36. The number of hydrogen-bond donors (Lipinski definition) is 15. The van der Waals surface area contributed by atoms with Crippen molar-refractivity contribution in [2.24, 2.45) is 22.9 Å². The standard InChI is InChI=1S/C58H77ClN12O12S2/c1-33(72)50-58(83)70-48(57(82)67-44(51(63)76)28-36-12-21-40(73)22-13-36)32-85-84-31-47(65-49(75)25-16-34-8-17-38(59)18-9-34)56(81)69-46(30-37-14-23-41(74)24-15-37)55(80)68-45(54(79)66-43(53(78)71-50)7-3-5-27-61)29-35-10-19-39(20-11-35)64-52(77)42(62)6-2-4-26-60/h8-15,17-24,33,42-48,50,72-74H,2-7,16,25-32,60-62H2,1H3,(H2,63,76)(H,64,77)(H,65,75)(H,66,79)(H,67,82)(H,68,80)(H,69,81)(H,70,83)(H,71,78)/t33-,42+,43+,44-,45-,46+,47-,48+,50+/m1/s1. The number of aromatic hydroxyl groups is 2. The average molecular weight is 1230 g/mol. The van der Waals surface area contributed by atoms with E-state index < -0.39 is 108 Å². The molecule has 0 bridgehead atoms. The van der Waals surface area contributed by atoms with Crippen LogP contribution in [0.5, 0.6) is 11.5 Å². The second-order valence-electron chi connectivity index (χ2n) is 20.6. The van der Waals surface area contributed by atoms with Crippen molar-refractivity contribution < 1.29 is 58.5 Å². The quantitative estimate of drug-likeness (QED) is 0.0337. The number of rotatable bonds is 24. The first-order valence-corrected chi connectivity index (χ1v) is 30.7. The van der Waals surface area contributed by atoms with Crippen molar-refractivity contribution in [2.45, 2.75) is 132 Å². The van der Waals surface area contributed by atoms with E-state index in [0.29, 0.717) is 59.6 Å². The molecule has 9 atom stereocenters. The molecule has 1 fully saturated rings. The van der Waals surface area contributed by atoms with Crippen LogP contribution in [0.3, 0.4) is 0 Å². The van der Waals surface area contributed by atoms with Crippen LogP contribution >= 0.6 is 33.2 Å². The van der Waals surface area contributed by atoms with Crippen LogP contribution in [0.25, 0.3) is 0 Å². The molecule has 24 nitrogen and oxygen atoms in total.